The van der Waals surface area contributed by atoms with Crippen LogP contribution in [0.15, 0.2) is 39.0 Å². The van der Waals surface area contributed by atoms with E-state index >= 15 is 0 Å². The SMILES string of the molecule is Cc1noc(C)c1N=Nc1ccc(O)cc1. The summed E-state index contributed by atoms with van der Waals surface area (Å²) in [4.78, 5) is 0. The van der Waals surface area contributed by atoms with E-state index in [-0.39, 0.29) is 5.75 Å². The van der Waals surface area contributed by atoms with Gasteiger partial charge in [0.2, 0.25) is 0 Å². The summed E-state index contributed by atoms with van der Waals surface area (Å²) >= 11 is 0. The van der Waals surface area contributed by atoms with Crippen LogP contribution in [0.3, 0.4) is 0 Å². The van der Waals surface area contributed by atoms with E-state index in [4.69, 9.17) is 9.63 Å². The summed E-state index contributed by atoms with van der Waals surface area (Å²) in [6.07, 6.45) is 0. The van der Waals surface area contributed by atoms with E-state index in [1.165, 1.54) is 0 Å². The Labute approximate surface area is 92.4 Å². The Morgan fingerprint density at radius 3 is 2.38 bits per heavy atom. The van der Waals surface area contributed by atoms with E-state index in [9.17, 15) is 0 Å². The molecular weight excluding hydrogens is 206 g/mol. The molecule has 0 fully saturated rings. The molecule has 1 heterocycles. The Hall–Kier alpha value is -2.17. The van der Waals surface area contributed by atoms with E-state index < -0.39 is 0 Å². The highest BCUT2D eigenvalue weighted by molar-refractivity contribution is 5.45. The third-order valence-electron chi connectivity index (χ3n) is 2.11. The first-order chi connectivity index (χ1) is 7.66. The predicted octanol–water partition coefficient (Wildman–Crippen LogP) is 3.41. The van der Waals surface area contributed by atoms with Gasteiger partial charge in [0.1, 0.15) is 11.4 Å². The van der Waals surface area contributed by atoms with Crippen molar-refractivity contribution in [3.05, 3.63) is 35.7 Å². The van der Waals surface area contributed by atoms with E-state index in [1.54, 1.807) is 31.2 Å². The van der Waals surface area contributed by atoms with Crippen LogP contribution in [0.2, 0.25) is 0 Å². The minimum Gasteiger partial charge on any atom is -0.508 e. The normalized spacial score (nSPS) is 11.1. The molecule has 2 rings (SSSR count). The lowest BCUT2D eigenvalue weighted by molar-refractivity contribution is 0.393. The highest BCUT2D eigenvalue weighted by Gasteiger charge is 2.07. The Bertz CT molecular complexity index is 495. The van der Waals surface area contributed by atoms with Crippen LogP contribution in [0.5, 0.6) is 5.75 Å². The van der Waals surface area contributed by atoms with E-state index in [0.29, 0.717) is 22.8 Å². The molecule has 0 bridgehead atoms. The van der Waals surface area contributed by atoms with Crippen LogP contribution in [-0.4, -0.2) is 10.3 Å². The smallest absolute Gasteiger partial charge is 0.161 e. The number of benzene rings is 1. The van der Waals surface area contributed by atoms with E-state index in [1.807, 2.05) is 6.92 Å². The fourth-order valence-corrected chi connectivity index (χ4v) is 1.25. The topological polar surface area (TPSA) is 71.0 Å². The van der Waals surface area contributed by atoms with Gasteiger partial charge in [-0.1, -0.05) is 5.16 Å². The summed E-state index contributed by atoms with van der Waals surface area (Å²) < 4.78 is 4.96. The molecule has 0 saturated heterocycles. The summed E-state index contributed by atoms with van der Waals surface area (Å²) in [5, 5.41) is 21.0. The van der Waals surface area contributed by atoms with Crippen molar-refractivity contribution in [2.75, 3.05) is 0 Å². The van der Waals surface area contributed by atoms with Gasteiger partial charge in [-0.25, -0.2) is 0 Å². The number of hydrogen-bond acceptors (Lipinski definition) is 5. The molecule has 0 saturated carbocycles. The van der Waals surface area contributed by atoms with Crippen molar-refractivity contribution < 1.29 is 9.63 Å². The molecule has 0 unspecified atom stereocenters. The third kappa shape index (κ3) is 2.08. The van der Waals surface area contributed by atoms with Crippen LogP contribution >= 0.6 is 0 Å². The number of rotatable bonds is 2. The molecule has 0 amide bonds. The van der Waals surface area contributed by atoms with Gasteiger partial charge in [0.25, 0.3) is 0 Å². The maximum absolute atomic E-state index is 9.10. The van der Waals surface area contributed by atoms with Crippen LogP contribution in [0.1, 0.15) is 11.5 Å². The molecule has 2 aromatic rings. The zero-order valence-electron chi connectivity index (χ0n) is 9.01. The molecule has 16 heavy (non-hydrogen) atoms. The lowest BCUT2D eigenvalue weighted by Gasteiger charge is -1.92. The van der Waals surface area contributed by atoms with Crippen LogP contribution in [0.25, 0.3) is 0 Å². The molecule has 0 aliphatic carbocycles. The second-order valence-electron chi connectivity index (χ2n) is 3.39. The molecule has 82 valence electrons. The van der Waals surface area contributed by atoms with E-state index in [0.717, 1.165) is 0 Å². The van der Waals surface area contributed by atoms with Gasteiger partial charge in [-0.2, -0.15) is 5.11 Å². The third-order valence-corrected chi connectivity index (χ3v) is 2.11. The maximum atomic E-state index is 9.10. The molecule has 5 heteroatoms. The van der Waals surface area contributed by atoms with Crippen LogP contribution < -0.4 is 0 Å². The number of aromatic nitrogens is 1. The van der Waals surface area contributed by atoms with Gasteiger partial charge >= 0.3 is 0 Å². The van der Waals surface area contributed by atoms with Crippen molar-refractivity contribution in [3.63, 3.8) is 0 Å². The second-order valence-corrected chi connectivity index (χ2v) is 3.39. The standard InChI is InChI=1S/C11H11N3O2/c1-7-11(8(2)16-14-7)13-12-9-3-5-10(15)6-4-9/h3-6,15H,1-2H3. The molecule has 1 aromatic carbocycles. The molecular formula is C11H11N3O2. The Kier molecular flexibility index (Phi) is 2.68. The average Bonchev–Trinajstić information content (AvgIpc) is 2.59. The number of phenolic OH excluding ortho intramolecular Hbond substituents is 1. The number of hydrogen-bond donors (Lipinski definition) is 1. The number of aromatic hydroxyl groups is 1. The molecule has 0 atom stereocenters. The minimum absolute atomic E-state index is 0.205. The van der Waals surface area contributed by atoms with Gasteiger partial charge in [-0.05, 0) is 38.1 Å². The molecule has 0 radical (unpaired) electrons. The minimum atomic E-state index is 0.205. The summed E-state index contributed by atoms with van der Waals surface area (Å²) in [5.74, 6) is 0.844. The Morgan fingerprint density at radius 2 is 1.81 bits per heavy atom. The summed E-state index contributed by atoms with van der Waals surface area (Å²) in [6, 6.07) is 6.47. The van der Waals surface area contributed by atoms with Gasteiger partial charge < -0.3 is 9.63 Å². The average molecular weight is 217 g/mol. The first kappa shape index (κ1) is 10.4. The first-order valence-corrected chi connectivity index (χ1v) is 4.80. The first-order valence-electron chi connectivity index (χ1n) is 4.80. The van der Waals surface area contributed by atoms with Crippen LogP contribution in [-0.2, 0) is 0 Å². The van der Waals surface area contributed by atoms with Gasteiger partial charge in [0.05, 0.1) is 5.69 Å². The highest BCUT2D eigenvalue weighted by atomic mass is 16.5. The zero-order valence-corrected chi connectivity index (χ0v) is 9.01. The van der Waals surface area contributed by atoms with Gasteiger partial charge in [-0.15, -0.1) is 5.11 Å². The highest BCUT2D eigenvalue weighted by Crippen LogP contribution is 2.25. The predicted molar refractivity (Wildman–Crippen MR) is 58.3 cm³/mol. The van der Waals surface area contributed by atoms with E-state index in [2.05, 4.69) is 15.4 Å². The van der Waals surface area contributed by atoms with Crippen molar-refractivity contribution in [2.45, 2.75) is 13.8 Å². The van der Waals surface area contributed by atoms with Crippen molar-refractivity contribution in [3.8, 4) is 5.75 Å². The summed E-state index contributed by atoms with van der Waals surface area (Å²) in [7, 11) is 0. The fraction of sp³-hybridized carbons (Fsp3) is 0.182. The summed E-state index contributed by atoms with van der Waals surface area (Å²) in [5.41, 5.74) is 2.02. The molecule has 0 aliphatic heterocycles. The van der Waals surface area contributed by atoms with Crippen LogP contribution in [0, 0.1) is 13.8 Å². The largest absolute Gasteiger partial charge is 0.508 e. The zero-order chi connectivity index (χ0) is 11.5. The Morgan fingerprint density at radius 1 is 1.12 bits per heavy atom. The lowest BCUT2D eigenvalue weighted by Crippen LogP contribution is -1.69. The fourth-order valence-electron chi connectivity index (χ4n) is 1.25. The van der Waals surface area contributed by atoms with Gasteiger partial charge in [0.15, 0.2) is 11.4 Å². The summed E-state index contributed by atoms with van der Waals surface area (Å²) in [6.45, 7) is 3.59. The van der Waals surface area contributed by atoms with Crippen LogP contribution in [0.4, 0.5) is 11.4 Å². The second kappa shape index (κ2) is 4.14. The Balaban J connectivity index is 2.24. The van der Waals surface area contributed by atoms with Gasteiger partial charge in [-0.3, -0.25) is 0 Å². The molecule has 1 N–H and O–H groups in total. The lowest BCUT2D eigenvalue weighted by atomic mass is 10.3. The number of azo groups is 1. The quantitative estimate of drug-likeness (QED) is 0.783. The molecule has 5 nitrogen and oxygen atoms in total. The van der Waals surface area contributed by atoms with Gasteiger partial charge in [0, 0.05) is 0 Å². The van der Waals surface area contributed by atoms with Crippen molar-refractivity contribution in [2.24, 2.45) is 10.2 Å². The molecule has 0 spiro atoms. The number of aryl methyl sites for hydroxylation is 2. The number of nitrogens with zero attached hydrogens (tertiary/aromatic N) is 3. The monoisotopic (exact) mass is 217 g/mol. The molecule has 1 aromatic heterocycles. The van der Waals surface area contributed by atoms with Crippen molar-refractivity contribution in [1.82, 2.24) is 5.16 Å². The van der Waals surface area contributed by atoms with Crippen molar-refractivity contribution >= 4 is 11.4 Å². The molecule has 0 aliphatic rings. The van der Waals surface area contributed by atoms with Crippen molar-refractivity contribution in [1.29, 1.82) is 0 Å². The maximum Gasteiger partial charge on any atom is 0.161 e. The number of phenols is 1.